The molecule has 7 aromatic rings. The van der Waals surface area contributed by atoms with Gasteiger partial charge in [-0.3, -0.25) is 24.4 Å². The first-order chi connectivity index (χ1) is 30.8. The van der Waals surface area contributed by atoms with Gasteiger partial charge in [0.15, 0.2) is 0 Å². The summed E-state index contributed by atoms with van der Waals surface area (Å²) in [7, 11) is 1.81. The van der Waals surface area contributed by atoms with Gasteiger partial charge in [0.25, 0.3) is 11.8 Å². The fourth-order valence-corrected chi connectivity index (χ4v) is 9.97. The number of ether oxygens (including phenoxy) is 1. The Morgan fingerprint density at radius 1 is 0.841 bits per heavy atom. The molecule has 10 rings (SSSR count). The highest BCUT2D eigenvalue weighted by Crippen LogP contribution is 2.39. The maximum absolute atomic E-state index is 15.1. The van der Waals surface area contributed by atoms with Gasteiger partial charge in [-0.05, 0) is 103 Å². The van der Waals surface area contributed by atoms with Gasteiger partial charge in [0.1, 0.15) is 23.1 Å². The highest BCUT2D eigenvalue weighted by Gasteiger charge is 2.34. The molecule has 0 saturated carbocycles. The Morgan fingerprint density at radius 3 is 2.41 bits per heavy atom. The summed E-state index contributed by atoms with van der Waals surface area (Å²) < 4.78 is 8.28. The molecule has 3 aliphatic heterocycles. The number of fused-ring (bicyclic) bond motifs is 3. The molecule has 63 heavy (non-hydrogen) atoms. The zero-order valence-electron chi connectivity index (χ0n) is 35.4. The van der Waals surface area contributed by atoms with E-state index in [4.69, 9.17) is 9.72 Å². The minimum Gasteiger partial charge on any atom is -0.489 e. The summed E-state index contributed by atoms with van der Waals surface area (Å²) in [4.78, 5) is 62.3. The van der Waals surface area contributed by atoms with Crippen LogP contribution in [-0.2, 0) is 56.8 Å². The predicted octanol–water partition coefficient (Wildman–Crippen LogP) is 8.93. The molecule has 1 atom stereocenters. The van der Waals surface area contributed by atoms with Gasteiger partial charge in [-0.15, -0.1) is 11.3 Å². The van der Waals surface area contributed by atoms with Gasteiger partial charge >= 0.3 is 0 Å². The Hall–Kier alpha value is -6.92. The lowest BCUT2D eigenvalue weighted by Gasteiger charge is -2.35. The summed E-state index contributed by atoms with van der Waals surface area (Å²) in [6.07, 6.45) is 8.54. The van der Waals surface area contributed by atoms with Crippen molar-refractivity contribution in [2.45, 2.75) is 77.9 Å². The summed E-state index contributed by atoms with van der Waals surface area (Å²) >= 11 is 1.44. The first-order valence-corrected chi connectivity index (χ1v) is 22.4. The molecule has 3 aliphatic rings. The molecule has 3 amide bonds. The number of hydrogen-bond acceptors (Lipinski definition) is 8. The van der Waals surface area contributed by atoms with E-state index in [2.05, 4.69) is 45.7 Å². The van der Waals surface area contributed by atoms with E-state index in [1.807, 2.05) is 95.0 Å². The van der Waals surface area contributed by atoms with Gasteiger partial charge in [-0.25, -0.2) is 4.98 Å². The van der Waals surface area contributed by atoms with E-state index in [9.17, 15) is 9.59 Å². The zero-order valence-corrected chi connectivity index (χ0v) is 36.2. The van der Waals surface area contributed by atoms with Crippen LogP contribution in [0.2, 0.25) is 0 Å². The first kappa shape index (κ1) is 40.2. The Kier molecular flexibility index (Phi) is 10.9. The van der Waals surface area contributed by atoms with Crippen molar-refractivity contribution >= 4 is 34.7 Å². The number of hydrogen-bond donors (Lipinski definition) is 0. The molecule has 0 N–H and O–H groups in total. The number of anilines is 1. The third kappa shape index (κ3) is 8.02. The largest absolute Gasteiger partial charge is 0.489 e. The molecule has 4 aromatic carbocycles. The molecule has 0 aliphatic carbocycles. The Morgan fingerprint density at radius 2 is 1.62 bits per heavy atom. The van der Waals surface area contributed by atoms with Gasteiger partial charge in [0, 0.05) is 85.2 Å². The second-order valence-corrected chi connectivity index (χ2v) is 17.6. The molecule has 3 aromatic heterocycles. The average Bonchev–Trinajstić information content (AvgIpc) is 4.08. The van der Waals surface area contributed by atoms with Gasteiger partial charge in [0.2, 0.25) is 5.91 Å². The summed E-state index contributed by atoms with van der Waals surface area (Å²) in [5.41, 5.74) is 11.4. The molecular formula is C51H47N7O4S. The van der Waals surface area contributed by atoms with Crippen LogP contribution in [0.5, 0.6) is 5.75 Å². The Bertz CT molecular complexity index is 2840. The number of thiazole rings is 1. The van der Waals surface area contributed by atoms with Crippen molar-refractivity contribution < 1.29 is 19.1 Å². The molecule has 0 fully saturated rings. The van der Waals surface area contributed by atoms with Crippen LogP contribution in [0.1, 0.15) is 79.7 Å². The van der Waals surface area contributed by atoms with Gasteiger partial charge in [0.05, 0.1) is 23.9 Å². The lowest BCUT2D eigenvalue weighted by molar-refractivity contribution is -0.131. The second kappa shape index (κ2) is 17.1. The maximum atomic E-state index is 15.1. The highest BCUT2D eigenvalue weighted by molar-refractivity contribution is 7.13. The Labute approximate surface area is 370 Å². The van der Waals surface area contributed by atoms with Gasteiger partial charge in [-0.2, -0.15) is 0 Å². The first-order valence-electron chi connectivity index (χ1n) is 21.6. The summed E-state index contributed by atoms with van der Waals surface area (Å²) in [5, 5.41) is 2.63. The van der Waals surface area contributed by atoms with Crippen LogP contribution in [0.25, 0.3) is 22.0 Å². The molecular weight excluding hydrogens is 807 g/mol. The van der Waals surface area contributed by atoms with E-state index in [0.29, 0.717) is 48.8 Å². The highest BCUT2D eigenvalue weighted by atomic mass is 32.1. The summed E-state index contributed by atoms with van der Waals surface area (Å²) in [6, 6.07) is 32.1. The van der Waals surface area contributed by atoms with Crippen LogP contribution in [0.4, 0.5) is 5.69 Å². The predicted molar refractivity (Wildman–Crippen MR) is 243 cm³/mol. The SMILES string of the molecule is C[C@@H]1Cc2ccccc2CN1C(=O)c1cc2c(cc1-c1cc(C(=O)N(C)c3ccc(OCc4ccccc4)cc3)c3n1CCCC3)CN(C(=O)Cc1csc(-c3cnccn3)n1)C2. The van der Waals surface area contributed by atoms with Crippen molar-refractivity contribution in [1.82, 2.24) is 29.3 Å². The third-order valence-electron chi connectivity index (χ3n) is 12.6. The normalized spacial score (nSPS) is 15.4. The molecule has 12 heteroatoms. The second-order valence-electron chi connectivity index (χ2n) is 16.7. The van der Waals surface area contributed by atoms with Crippen molar-refractivity contribution in [2.75, 3.05) is 11.9 Å². The van der Waals surface area contributed by atoms with Crippen molar-refractivity contribution in [3.05, 3.63) is 171 Å². The molecule has 0 unspecified atom stereocenters. The fourth-order valence-electron chi connectivity index (χ4n) is 9.19. The molecule has 316 valence electrons. The maximum Gasteiger partial charge on any atom is 0.259 e. The van der Waals surface area contributed by atoms with Crippen LogP contribution in [0, 0.1) is 0 Å². The van der Waals surface area contributed by atoms with Crippen molar-refractivity contribution in [2.24, 2.45) is 0 Å². The van der Waals surface area contributed by atoms with Crippen molar-refractivity contribution in [1.29, 1.82) is 0 Å². The van der Waals surface area contributed by atoms with E-state index in [1.54, 1.807) is 23.5 Å². The molecule has 0 saturated heterocycles. The summed E-state index contributed by atoms with van der Waals surface area (Å²) in [5.74, 6) is 0.527. The molecule has 0 spiro atoms. The lowest BCUT2D eigenvalue weighted by atomic mass is 9.92. The van der Waals surface area contributed by atoms with Crippen LogP contribution in [-0.4, -0.2) is 60.1 Å². The average molecular weight is 854 g/mol. The monoisotopic (exact) mass is 853 g/mol. The van der Waals surface area contributed by atoms with Gasteiger partial charge in [-0.1, -0.05) is 54.6 Å². The quantitative estimate of drug-likeness (QED) is 0.135. The minimum atomic E-state index is -0.110. The number of benzene rings is 4. The number of aromatic nitrogens is 4. The molecule has 11 nitrogen and oxygen atoms in total. The smallest absolute Gasteiger partial charge is 0.259 e. The Balaban J connectivity index is 0.965. The number of carbonyl (C=O) groups excluding carboxylic acids is 3. The number of carbonyl (C=O) groups is 3. The van der Waals surface area contributed by atoms with E-state index in [0.717, 1.165) is 87.9 Å². The lowest BCUT2D eigenvalue weighted by Crippen LogP contribution is -2.42. The summed E-state index contributed by atoms with van der Waals surface area (Å²) in [6.45, 7) is 4.63. The van der Waals surface area contributed by atoms with E-state index >= 15 is 4.79 Å². The topological polar surface area (TPSA) is 114 Å². The molecule has 0 radical (unpaired) electrons. The van der Waals surface area contributed by atoms with Crippen LogP contribution >= 0.6 is 11.3 Å². The molecule has 0 bridgehead atoms. The zero-order chi connectivity index (χ0) is 43.0. The van der Waals surface area contributed by atoms with Crippen LogP contribution < -0.4 is 9.64 Å². The third-order valence-corrected chi connectivity index (χ3v) is 13.5. The van der Waals surface area contributed by atoms with E-state index in [1.165, 1.54) is 16.9 Å². The number of amides is 3. The minimum absolute atomic E-state index is 0.0152. The van der Waals surface area contributed by atoms with E-state index < -0.39 is 0 Å². The van der Waals surface area contributed by atoms with Crippen LogP contribution in [0.3, 0.4) is 0 Å². The number of rotatable bonds is 10. The standard InChI is InChI=1S/C51H47N7O4S/c1-33-22-35-12-6-7-13-36(35)30-58(33)51(61)43-24-38-29-56(48(59)25-39-32-63-49(54-39)45-27-52-19-20-53-45)28-37(38)23-42(43)47-26-44(46-14-8-9-21-57(46)47)50(60)55(2)40-15-17-41(18-16-40)62-31-34-10-4-3-5-11-34/h3-7,10-13,15-20,23-24,26-27,32-33H,8-9,14,21-22,25,28-31H2,1-2H3/t33-/m1/s1. The van der Waals surface area contributed by atoms with Gasteiger partial charge < -0.3 is 24.0 Å². The fraction of sp³-hybridized carbons (Fsp3) is 0.255. The van der Waals surface area contributed by atoms with Crippen molar-refractivity contribution in [3.8, 4) is 27.7 Å². The van der Waals surface area contributed by atoms with Crippen molar-refractivity contribution in [3.63, 3.8) is 0 Å². The van der Waals surface area contributed by atoms with Crippen LogP contribution in [0.15, 0.2) is 121 Å². The number of nitrogens with zero attached hydrogens (tertiary/aromatic N) is 7. The molecule has 6 heterocycles. The van der Waals surface area contributed by atoms with E-state index in [-0.39, 0.29) is 30.2 Å².